The summed E-state index contributed by atoms with van der Waals surface area (Å²) in [4.78, 5) is 38.8. The van der Waals surface area contributed by atoms with E-state index in [2.05, 4.69) is 10.3 Å². The number of amides is 1. The largest absolute Gasteiger partial charge is 0.323 e. The van der Waals surface area contributed by atoms with Gasteiger partial charge in [0.25, 0.3) is 11.2 Å². The molecule has 9 heteroatoms. The molecule has 0 spiro atoms. The lowest BCUT2D eigenvalue weighted by molar-refractivity contribution is -0.384. The molecule has 0 unspecified atom stereocenters. The number of nitrogens with one attached hydrogen (secondary N) is 1. The molecule has 1 amide bonds. The van der Waals surface area contributed by atoms with Crippen molar-refractivity contribution in [2.24, 2.45) is 0 Å². The summed E-state index contributed by atoms with van der Waals surface area (Å²) in [6.07, 6.45) is 1.16. The second-order valence-corrected chi connectivity index (χ2v) is 5.34. The topological polar surface area (TPSA) is 131 Å². The number of nitro groups is 1. The van der Waals surface area contributed by atoms with E-state index in [4.69, 9.17) is 5.26 Å². The summed E-state index contributed by atoms with van der Waals surface area (Å²) < 4.78 is 1.10. The highest BCUT2D eigenvalue weighted by Crippen LogP contribution is 2.16. The molecule has 3 rings (SSSR count). The van der Waals surface area contributed by atoms with Gasteiger partial charge in [0.15, 0.2) is 0 Å². The number of nitrogens with zero attached hydrogens (tertiary/aromatic N) is 4. The van der Waals surface area contributed by atoms with Crippen LogP contribution in [0.3, 0.4) is 0 Å². The van der Waals surface area contributed by atoms with Crippen LogP contribution in [0, 0.1) is 21.4 Å². The van der Waals surface area contributed by atoms with Crippen LogP contribution in [-0.4, -0.2) is 20.4 Å². The molecule has 0 aliphatic rings. The van der Waals surface area contributed by atoms with Crippen LogP contribution in [0.25, 0.3) is 10.9 Å². The van der Waals surface area contributed by atoms with Gasteiger partial charge in [0.2, 0.25) is 5.91 Å². The molecular formula is C17H11N5O4. The third-order valence-corrected chi connectivity index (χ3v) is 3.66. The minimum atomic E-state index is -0.577. The summed E-state index contributed by atoms with van der Waals surface area (Å²) in [6.45, 7) is -0.307. The number of aromatic nitrogens is 2. The zero-order valence-corrected chi connectivity index (χ0v) is 13.2. The molecule has 0 bridgehead atoms. The summed E-state index contributed by atoms with van der Waals surface area (Å²) in [7, 11) is 0. The highest BCUT2D eigenvalue weighted by Gasteiger charge is 2.13. The number of hydrogen-bond acceptors (Lipinski definition) is 6. The molecule has 1 aromatic heterocycles. The van der Waals surface area contributed by atoms with Crippen molar-refractivity contribution >= 4 is 28.2 Å². The van der Waals surface area contributed by atoms with Gasteiger partial charge < -0.3 is 5.32 Å². The van der Waals surface area contributed by atoms with Gasteiger partial charge in [-0.25, -0.2) is 4.98 Å². The quantitative estimate of drug-likeness (QED) is 0.564. The maximum absolute atomic E-state index is 12.4. The molecule has 0 radical (unpaired) electrons. The van der Waals surface area contributed by atoms with Gasteiger partial charge in [0, 0.05) is 12.1 Å². The monoisotopic (exact) mass is 349 g/mol. The fourth-order valence-corrected chi connectivity index (χ4v) is 2.41. The van der Waals surface area contributed by atoms with Gasteiger partial charge in [-0.3, -0.25) is 24.3 Å². The number of nitro benzene ring substituents is 1. The minimum Gasteiger partial charge on any atom is -0.323 e. The average molecular weight is 349 g/mol. The van der Waals surface area contributed by atoms with Gasteiger partial charge in [-0.05, 0) is 18.2 Å². The molecule has 0 aliphatic carbocycles. The lowest BCUT2D eigenvalue weighted by Crippen LogP contribution is -2.28. The van der Waals surface area contributed by atoms with E-state index in [0.717, 1.165) is 10.9 Å². The summed E-state index contributed by atoms with van der Waals surface area (Å²) in [5.74, 6) is -0.502. The molecule has 2 aromatic carbocycles. The molecule has 0 aliphatic heterocycles. The zero-order chi connectivity index (χ0) is 18.7. The molecule has 0 fully saturated rings. The number of hydrogen-bond donors (Lipinski definition) is 1. The number of benzene rings is 2. The van der Waals surface area contributed by atoms with Crippen molar-refractivity contribution in [3.05, 3.63) is 74.8 Å². The van der Waals surface area contributed by atoms with E-state index in [1.165, 1.54) is 18.2 Å². The SMILES string of the molecule is N#Cc1ccccc1NC(=O)Cn1cnc2cc([N+](=O)[O-])ccc2c1=O. The lowest BCUT2D eigenvalue weighted by Gasteiger charge is -2.09. The van der Waals surface area contributed by atoms with Crippen molar-refractivity contribution in [3.8, 4) is 6.07 Å². The number of non-ortho nitro benzene ring substituents is 1. The first kappa shape index (κ1) is 16.8. The molecule has 0 saturated heterocycles. The van der Waals surface area contributed by atoms with E-state index >= 15 is 0 Å². The first-order valence-electron chi connectivity index (χ1n) is 7.42. The van der Waals surface area contributed by atoms with Crippen LogP contribution in [0.15, 0.2) is 53.6 Å². The predicted octanol–water partition coefficient (Wildman–Crippen LogP) is 1.82. The second kappa shape index (κ2) is 6.82. The van der Waals surface area contributed by atoms with Crippen molar-refractivity contribution in [1.82, 2.24) is 9.55 Å². The van der Waals surface area contributed by atoms with Gasteiger partial charge in [-0.2, -0.15) is 5.26 Å². The van der Waals surface area contributed by atoms with Crippen molar-refractivity contribution in [1.29, 1.82) is 5.26 Å². The molecule has 128 valence electrons. The molecule has 9 nitrogen and oxygen atoms in total. The molecule has 26 heavy (non-hydrogen) atoms. The van der Waals surface area contributed by atoms with Crippen molar-refractivity contribution in [2.45, 2.75) is 6.54 Å². The molecule has 1 N–H and O–H groups in total. The minimum absolute atomic E-state index is 0.170. The number of fused-ring (bicyclic) bond motifs is 1. The number of carbonyl (C=O) groups excluding carboxylic acids is 1. The highest BCUT2D eigenvalue weighted by molar-refractivity contribution is 5.92. The van der Waals surface area contributed by atoms with E-state index in [9.17, 15) is 19.7 Å². The zero-order valence-electron chi connectivity index (χ0n) is 13.2. The Labute approximate surface area is 146 Å². The van der Waals surface area contributed by atoms with Crippen LogP contribution in [0.2, 0.25) is 0 Å². The van der Waals surface area contributed by atoms with Crippen LogP contribution < -0.4 is 10.9 Å². The Kier molecular flexibility index (Phi) is 4.40. The Morgan fingerprint density at radius 2 is 2.08 bits per heavy atom. The first-order valence-corrected chi connectivity index (χ1v) is 7.42. The summed E-state index contributed by atoms with van der Waals surface area (Å²) in [6, 6.07) is 12.2. The Morgan fingerprint density at radius 1 is 1.31 bits per heavy atom. The van der Waals surface area contributed by atoms with Crippen molar-refractivity contribution < 1.29 is 9.72 Å². The lowest BCUT2D eigenvalue weighted by atomic mass is 10.2. The van der Waals surface area contributed by atoms with Crippen LogP contribution in [-0.2, 0) is 11.3 Å². The summed E-state index contributed by atoms with van der Waals surface area (Å²) in [5, 5.41) is 22.6. The molecule has 0 atom stereocenters. The van der Waals surface area contributed by atoms with E-state index < -0.39 is 16.4 Å². The highest BCUT2D eigenvalue weighted by atomic mass is 16.6. The van der Waals surface area contributed by atoms with Gasteiger partial charge in [-0.15, -0.1) is 0 Å². The normalized spacial score (nSPS) is 10.3. The van der Waals surface area contributed by atoms with E-state index in [1.54, 1.807) is 24.3 Å². The maximum Gasteiger partial charge on any atom is 0.271 e. The fraction of sp³-hybridized carbons (Fsp3) is 0.0588. The van der Waals surface area contributed by atoms with Crippen LogP contribution in [0.1, 0.15) is 5.56 Å². The summed E-state index contributed by atoms with van der Waals surface area (Å²) in [5.41, 5.74) is 0.159. The van der Waals surface area contributed by atoms with Crippen LogP contribution >= 0.6 is 0 Å². The van der Waals surface area contributed by atoms with Gasteiger partial charge in [0.1, 0.15) is 12.6 Å². The van der Waals surface area contributed by atoms with E-state index in [1.807, 2.05) is 6.07 Å². The average Bonchev–Trinajstić information content (AvgIpc) is 2.64. The summed E-state index contributed by atoms with van der Waals surface area (Å²) >= 11 is 0. The number of carbonyl (C=O) groups is 1. The smallest absolute Gasteiger partial charge is 0.271 e. The Bertz CT molecular complexity index is 1130. The third-order valence-electron chi connectivity index (χ3n) is 3.66. The Balaban J connectivity index is 1.87. The third kappa shape index (κ3) is 3.25. The predicted molar refractivity (Wildman–Crippen MR) is 92.4 cm³/mol. The number of para-hydroxylation sites is 1. The Hall–Kier alpha value is -4.06. The molecule has 1 heterocycles. The number of nitriles is 1. The molecular weight excluding hydrogens is 338 g/mol. The van der Waals surface area contributed by atoms with Gasteiger partial charge in [-0.1, -0.05) is 12.1 Å². The maximum atomic E-state index is 12.4. The van der Waals surface area contributed by atoms with Crippen molar-refractivity contribution in [2.75, 3.05) is 5.32 Å². The molecule has 0 saturated carbocycles. The number of rotatable bonds is 4. The van der Waals surface area contributed by atoms with Crippen molar-refractivity contribution in [3.63, 3.8) is 0 Å². The van der Waals surface area contributed by atoms with Crippen LogP contribution in [0.5, 0.6) is 0 Å². The fourth-order valence-electron chi connectivity index (χ4n) is 2.41. The van der Waals surface area contributed by atoms with Crippen LogP contribution in [0.4, 0.5) is 11.4 Å². The van der Waals surface area contributed by atoms with E-state index in [0.29, 0.717) is 11.3 Å². The standard InChI is InChI=1S/C17H11N5O4/c18-8-11-3-1-2-4-14(11)20-16(23)9-21-10-19-15-7-12(22(25)26)5-6-13(15)17(21)24/h1-7,10H,9H2,(H,20,23). The van der Waals surface area contributed by atoms with Gasteiger partial charge in [0.05, 0.1) is 33.4 Å². The van der Waals surface area contributed by atoms with Gasteiger partial charge >= 0.3 is 0 Å². The molecule has 3 aromatic rings. The Morgan fingerprint density at radius 3 is 2.81 bits per heavy atom. The van der Waals surface area contributed by atoms with E-state index in [-0.39, 0.29) is 23.1 Å². The second-order valence-electron chi connectivity index (χ2n) is 5.34. The first-order chi connectivity index (χ1) is 12.5. The number of anilines is 1.